The second kappa shape index (κ2) is 5.69. The maximum Gasteiger partial charge on any atom is 0.347 e. The Morgan fingerprint density at radius 2 is 2.11 bits per heavy atom. The number of halogens is 1. The van der Waals surface area contributed by atoms with Crippen LogP contribution in [0.3, 0.4) is 0 Å². The van der Waals surface area contributed by atoms with Crippen LogP contribution < -0.4 is 5.69 Å². The monoisotopic (exact) mass is 324 g/mol. The van der Waals surface area contributed by atoms with E-state index < -0.39 is 0 Å². The van der Waals surface area contributed by atoms with Gasteiger partial charge in [-0.25, -0.2) is 9.78 Å². The molecule has 2 aromatic heterocycles. The second-order valence-corrected chi connectivity index (χ2v) is 5.21. The van der Waals surface area contributed by atoms with Crippen molar-refractivity contribution in [2.24, 2.45) is 0 Å². The van der Waals surface area contributed by atoms with Crippen LogP contribution in [0.1, 0.15) is 30.8 Å². The lowest BCUT2D eigenvalue weighted by Crippen LogP contribution is -2.24. The lowest BCUT2D eigenvalue weighted by Gasteiger charge is -2.08. The molecule has 5 nitrogen and oxygen atoms in total. The molecule has 0 saturated heterocycles. The van der Waals surface area contributed by atoms with Crippen LogP contribution in [0, 0.1) is 6.92 Å². The van der Waals surface area contributed by atoms with E-state index in [4.69, 9.17) is 0 Å². The lowest BCUT2D eigenvalue weighted by atomic mass is 10.3. The fraction of sp³-hybridized carbons (Fsp3) is 0.462. The van der Waals surface area contributed by atoms with Gasteiger partial charge in [0.05, 0.1) is 22.4 Å². The number of hydrogen-bond donors (Lipinski definition) is 0. The molecule has 102 valence electrons. The predicted octanol–water partition coefficient (Wildman–Crippen LogP) is 2.14. The minimum absolute atomic E-state index is 0.237. The summed E-state index contributed by atoms with van der Waals surface area (Å²) in [5.74, 6) is 0. The summed E-state index contributed by atoms with van der Waals surface area (Å²) in [6.45, 7) is 7.29. The summed E-state index contributed by atoms with van der Waals surface area (Å²) < 4.78 is 4.53. The average molecular weight is 325 g/mol. The Labute approximate surface area is 120 Å². The largest absolute Gasteiger partial charge is 0.347 e. The lowest BCUT2D eigenvalue weighted by molar-refractivity contribution is 0.583. The molecule has 6 heteroatoms. The maximum absolute atomic E-state index is 11.8. The number of hydrogen-bond acceptors (Lipinski definition) is 3. The van der Waals surface area contributed by atoms with Gasteiger partial charge in [0.2, 0.25) is 0 Å². The standard InChI is InChI=1S/C13H17BrN4O/c1-4-10-12(14)11(18(5-2)16-10)8-17-7-9(3)6-15-13(17)19/h6-7H,4-5,8H2,1-3H3. The number of nitrogens with zero attached hydrogens (tertiary/aromatic N) is 4. The van der Waals surface area contributed by atoms with E-state index in [-0.39, 0.29) is 5.69 Å². The molecule has 2 heterocycles. The molecule has 0 atom stereocenters. The van der Waals surface area contributed by atoms with Gasteiger partial charge in [0, 0.05) is 18.9 Å². The van der Waals surface area contributed by atoms with Gasteiger partial charge in [0.1, 0.15) is 0 Å². The fourth-order valence-corrected chi connectivity index (χ4v) is 2.70. The molecule has 0 saturated carbocycles. The average Bonchev–Trinajstić information content (AvgIpc) is 2.70. The molecule has 0 spiro atoms. The van der Waals surface area contributed by atoms with Crippen molar-refractivity contribution in [1.82, 2.24) is 19.3 Å². The molecule has 19 heavy (non-hydrogen) atoms. The third-order valence-electron chi connectivity index (χ3n) is 3.00. The van der Waals surface area contributed by atoms with Crippen LogP contribution in [-0.4, -0.2) is 19.3 Å². The third kappa shape index (κ3) is 2.78. The van der Waals surface area contributed by atoms with Crippen molar-refractivity contribution in [2.75, 3.05) is 0 Å². The van der Waals surface area contributed by atoms with Crippen LogP contribution in [-0.2, 0) is 19.5 Å². The molecular weight excluding hydrogens is 308 g/mol. The summed E-state index contributed by atoms with van der Waals surface area (Å²) in [5, 5.41) is 4.53. The van der Waals surface area contributed by atoms with Crippen LogP contribution >= 0.6 is 15.9 Å². The maximum atomic E-state index is 11.8. The Balaban J connectivity index is 2.45. The molecular formula is C13H17BrN4O. The SMILES string of the molecule is CCc1nn(CC)c(Cn2cc(C)cnc2=O)c1Br. The highest BCUT2D eigenvalue weighted by Crippen LogP contribution is 2.22. The molecule has 0 radical (unpaired) electrons. The Morgan fingerprint density at radius 3 is 2.74 bits per heavy atom. The minimum Gasteiger partial charge on any atom is -0.293 e. The number of aryl methyl sites for hydroxylation is 3. The van der Waals surface area contributed by atoms with Crippen molar-refractivity contribution in [2.45, 2.75) is 40.3 Å². The topological polar surface area (TPSA) is 52.7 Å². The van der Waals surface area contributed by atoms with Gasteiger partial charge in [-0.15, -0.1) is 0 Å². The second-order valence-electron chi connectivity index (χ2n) is 4.42. The van der Waals surface area contributed by atoms with Crippen LogP contribution in [0.15, 0.2) is 21.7 Å². The molecule has 0 aromatic carbocycles. The van der Waals surface area contributed by atoms with Crippen LogP contribution in [0.5, 0.6) is 0 Å². The van der Waals surface area contributed by atoms with E-state index in [0.717, 1.165) is 34.4 Å². The van der Waals surface area contributed by atoms with Crippen molar-refractivity contribution in [3.63, 3.8) is 0 Å². The van der Waals surface area contributed by atoms with E-state index in [2.05, 4.69) is 32.9 Å². The van der Waals surface area contributed by atoms with E-state index in [1.165, 1.54) is 0 Å². The molecule has 0 aliphatic heterocycles. The molecule has 0 bridgehead atoms. The van der Waals surface area contributed by atoms with Gasteiger partial charge in [-0.05, 0) is 41.8 Å². The summed E-state index contributed by atoms with van der Waals surface area (Å²) in [5.41, 5.74) is 2.76. The number of rotatable bonds is 4. The van der Waals surface area contributed by atoms with E-state index >= 15 is 0 Å². The molecule has 2 aromatic rings. The molecule has 0 amide bonds. The Morgan fingerprint density at radius 1 is 1.37 bits per heavy atom. The first-order chi connectivity index (χ1) is 9.06. The van der Waals surface area contributed by atoms with Gasteiger partial charge in [0.25, 0.3) is 0 Å². The van der Waals surface area contributed by atoms with Gasteiger partial charge < -0.3 is 0 Å². The minimum atomic E-state index is -0.237. The summed E-state index contributed by atoms with van der Waals surface area (Å²) in [4.78, 5) is 15.6. The van der Waals surface area contributed by atoms with Crippen molar-refractivity contribution >= 4 is 15.9 Å². The van der Waals surface area contributed by atoms with Gasteiger partial charge in [0.15, 0.2) is 0 Å². The Hall–Kier alpha value is -1.43. The third-order valence-corrected chi connectivity index (χ3v) is 3.91. The molecule has 0 aliphatic carbocycles. The quantitative estimate of drug-likeness (QED) is 0.865. The highest BCUT2D eigenvalue weighted by Gasteiger charge is 2.14. The van der Waals surface area contributed by atoms with Gasteiger partial charge in [-0.3, -0.25) is 9.25 Å². The van der Waals surface area contributed by atoms with Crippen molar-refractivity contribution in [1.29, 1.82) is 0 Å². The molecule has 0 aliphatic rings. The zero-order valence-corrected chi connectivity index (χ0v) is 12.9. The van der Waals surface area contributed by atoms with E-state index in [1.54, 1.807) is 10.8 Å². The summed E-state index contributed by atoms with van der Waals surface area (Å²) in [6, 6.07) is 0. The van der Waals surface area contributed by atoms with Crippen molar-refractivity contribution in [3.8, 4) is 0 Å². The summed E-state index contributed by atoms with van der Waals surface area (Å²) in [7, 11) is 0. The zero-order valence-electron chi connectivity index (χ0n) is 11.4. The Bertz CT molecular complexity index is 645. The highest BCUT2D eigenvalue weighted by atomic mass is 79.9. The van der Waals surface area contributed by atoms with Crippen LogP contribution in [0.2, 0.25) is 0 Å². The van der Waals surface area contributed by atoms with Crippen LogP contribution in [0.25, 0.3) is 0 Å². The molecule has 0 fully saturated rings. The normalized spacial score (nSPS) is 10.9. The predicted molar refractivity (Wildman–Crippen MR) is 77.3 cm³/mol. The molecule has 2 rings (SSSR count). The van der Waals surface area contributed by atoms with Crippen molar-refractivity contribution < 1.29 is 0 Å². The first-order valence-corrected chi connectivity index (χ1v) is 7.13. The highest BCUT2D eigenvalue weighted by molar-refractivity contribution is 9.10. The molecule has 0 unspecified atom stereocenters. The zero-order chi connectivity index (χ0) is 14.0. The van der Waals surface area contributed by atoms with E-state index in [1.807, 2.05) is 24.7 Å². The van der Waals surface area contributed by atoms with E-state index in [9.17, 15) is 4.79 Å². The summed E-state index contributed by atoms with van der Waals surface area (Å²) in [6.07, 6.45) is 4.27. The number of aromatic nitrogens is 4. The molecule has 0 N–H and O–H groups in total. The van der Waals surface area contributed by atoms with Crippen molar-refractivity contribution in [3.05, 3.63) is 44.3 Å². The van der Waals surface area contributed by atoms with Gasteiger partial charge in [-0.1, -0.05) is 6.92 Å². The first-order valence-electron chi connectivity index (χ1n) is 6.34. The van der Waals surface area contributed by atoms with Crippen LogP contribution in [0.4, 0.5) is 0 Å². The first kappa shape index (κ1) is 14.0. The fourth-order valence-electron chi connectivity index (χ4n) is 2.01. The smallest absolute Gasteiger partial charge is 0.293 e. The van der Waals surface area contributed by atoms with Gasteiger partial charge in [-0.2, -0.15) is 5.10 Å². The Kier molecular flexibility index (Phi) is 4.19. The van der Waals surface area contributed by atoms with E-state index in [0.29, 0.717) is 6.54 Å². The summed E-state index contributed by atoms with van der Waals surface area (Å²) >= 11 is 3.58. The van der Waals surface area contributed by atoms with Gasteiger partial charge >= 0.3 is 5.69 Å².